The van der Waals surface area contributed by atoms with Gasteiger partial charge in [0.1, 0.15) is 0 Å². The number of carbonyl (C=O) groups is 1. The number of carbonyl (C=O) groups excluding carboxylic acids is 1. The Labute approximate surface area is 212 Å². The Kier molecular flexibility index (Phi) is 31.4. The van der Waals surface area contributed by atoms with Crippen LogP contribution < -0.4 is 0 Å². The summed E-state index contributed by atoms with van der Waals surface area (Å²) in [5.41, 5.74) is -0.0302. The van der Waals surface area contributed by atoms with Crippen molar-refractivity contribution in [2.24, 2.45) is 11.3 Å². The maximum Gasteiger partial charge on any atom is 2.00 e. The molecule has 0 aromatic rings. The Balaban J connectivity index is -0.0000000617. The molecule has 0 aliphatic rings. The minimum atomic E-state index is -0.359. The van der Waals surface area contributed by atoms with E-state index in [9.17, 15) is 4.79 Å². The monoisotopic (exact) mass is 499 g/mol. The molecule has 0 rings (SSSR count). The Morgan fingerprint density at radius 3 is 1.36 bits per heavy atom. The van der Waals surface area contributed by atoms with Crippen molar-refractivity contribution in [1.82, 2.24) is 0 Å². The predicted octanol–water partition coefficient (Wildman–Crippen LogP) is 6.29. The van der Waals surface area contributed by atoms with Gasteiger partial charge in [-0.3, -0.25) is 18.7 Å². The van der Waals surface area contributed by atoms with Crippen molar-refractivity contribution in [3.63, 3.8) is 0 Å². The molecule has 6 heteroatoms. The molecule has 0 aromatic carbocycles. The molecule has 0 saturated carbocycles. The first-order chi connectivity index (χ1) is 11.0. The van der Waals surface area contributed by atoms with Crippen molar-refractivity contribution < 1.29 is 60.5 Å². The van der Waals surface area contributed by atoms with Gasteiger partial charge in [-0.2, -0.15) is 12.5 Å². The molecule has 0 saturated heterocycles. The average molecular weight is 499 g/mol. The molecule has 1 amide bonds. The summed E-state index contributed by atoms with van der Waals surface area (Å²) in [5, 5.41) is 7.90. The minimum absolute atomic E-state index is 0. The average Bonchev–Trinajstić information content (AvgIpc) is 2.41. The van der Waals surface area contributed by atoms with E-state index in [-0.39, 0.29) is 84.0 Å². The predicted molar refractivity (Wildman–Crippen MR) is 111 cm³/mol. The molecule has 0 aromatic heterocycles. The van der Waals surface area contributed by atoms with E-state index in [2.05, 4.69) is 59.1 Å². The van der Waals surface area contributed by atoms with Crippen LogP contribution in [0.3, 0.4) is 0 Å². The Hall–Kier alpha value is 0.403. The number of hydrogen-bond donors (Lipinski definition) is 0. The summed E-state index contributed by atoms with van der Waals surface area (Å²) in [5.74, 6) is -0.106. The number of allylic oxidation sites excluding steroid dienone is 1. The molecular formula is C22H38N2OV3. The normalized spacial score (nSPS) is 11.1. The van der Waals surface area contributed by atoms with Gasteiger partial charge in [0.2, 0.25) is 0 Å². The second-order valence-corrected chi connectivity index (χ2v) is 8.70. The summed E-state index contributed by atoms with van der Waals surface area (Å²) in [6, 6.07) is 0. The maximum atomic E-state index is 10.5. The van der Waals surface area contributed by atoms with Crippen LogP contribution in [0.25, 0.3) is 10.6 Å². The number of nitrogens with zero attached hydrogens (tertiary/aromatic N) is 2. The molecule has 3 nitrogen and oxygen atoms in total. The van der Waals surface area contributed by atoms with E-state index in [0.717, 1.165) is 6.08 Å². The summed E-state index contributed by atoms with van der Waals surface area (Å²) in [6.07, 6.45) is 4.16. The van der Waals surface area contributed by atoms with E-state index < -0.39 is 0 Å². The van der Waals surface area contributed by atoms with Crippen LogP contribution >= 0.6 is 0 Å². The zero-order valence-corrected chi connectivity index (χ0v) is 23.3. The summed E-state index contributed by atoms with van der Waals surface area (Å²) in [6.45, 7) is 37.8. The second-order valence-electron chi connectivity index (χ2n) is 8.70. The van der Waals surface area contributed by atoms with Crippen molar-refractivity contribution in [2.45, 2.75) is 73.4 Å². The van der Waals surface area contributed by atoms with Crippen LogP contribution in [0, 0.1) is 38.0 Å². The molecule has 0 heterocycles. The van der Waals surface area contributed by atoms with Gasteiger partial charge in [-0.15, -0.1) is 11.1 Å². The standard InChI is InChI=1S/C8H14.C7H12NO.C7H13N.3V/c1-6-7(2)8(3,4)5;1-5-6(9)8-7(2,3)4;1-5-6-8-7(2,3)4;;;/h1,6-7H,2H2,3-5H3;1,5H,2-4H3,(H,8,9);1,5H,6H2,2-4H3;;;/q-2;-1;-2;3*+2/p-1. The summed E-state index contributed by atoms with van der Waals surface area (Å²) in [4.78, 5) is 10.5. The zero-order valence-electron chi connectivity index (χ0n) is 19.1. The van der Waals surface area contributed by atoms with Crippen LogP contribution in [0.5, 0.6) is 0 Å². The fourth-order valence-corrected chi connectivity index (χ4v) is 0.983. The maximum absolute atomic E-state index is 10.5. The molecule has 0 aliphatic heterocycles. The van der Waals surface area contributed by atoms with Gasteiger partial charge >= 0.3 is 55.7 Å². The van der Waals surface area contributed by atoms with Crippen LogP contribution in [0.15, 0.2) is 18.2 Å². The van der Waals surface area contributed by atoms with Crippen molar-refractivity contribution in [3.05, 3.63) is 55.5 Å². The third-order valence-corrected chi connectivity index (χ3v) is 2.60. The molecule has 1 atom stereocenters. The quantitative estimate of drug-likeness (QED) is 0.332. The Morgan fingerprint density at radius 2 is 1.29 bits per heavy atom. The molecule has 0 aliphatic carbocycles. The number of amides is 1. The van der Waals surface area contributed by atoms with Crippen LogP contribution in [0.4, 0.5) is 0 Å². The third kappa shape index (κ3) is 40.9. The molecule has 1 unspecified atom stereocenters. The third-order valence-electron chi connectivity index (χ3n) is 2.60. The van der Waals surface area contributed by atoms with E-state index in [1.54, 1.807) is 12.2 Å². The summed E-state index contributed by atoms with van der Waals surface area (Å²) in [7, 11) is 0. The largest absolute Gasteiger partial charge is 2.00 e. The van der Waals surface area contributed by atoms with Gasteiger partial charge in [0.15, 0.2) is 0 Å². The first-order valence-corrected chi connectivity index (χ1v) is 8.42. The first-order valence-electron chi connectivity index (χ1n) is 8.42. The van der Waals surface area contributed by atoms with E-state index in [1.165, 1.54) is 0 Å². The van der Waals surface area contributed by atoms with Gasteiger partial charge in [-0.05, 0) is 0 Å². The fraction of sp³-hybridized carbons (Fsp3) is 0.636. The molecule has 28 heavy (non-hydrogen) atoms. The van der Waals surface area contributed by atoms with Crippen molar-refractivity contribution >= 4 is 5.91 Å². The molecule has 0 N–H and O–H groups in total. The minimum Gasteiger partial charge on any atom is -0.733 e. The molecule has 0 spiro atoms. The molecular weight excluding hydrogens is 461 g/mol. The zero-order chi connectivity index (χ0) is 20.9. The van der Waals surface area contributed by atoms with Crippen LogP contribution in [-0.2, 0) is 60.5 Å². The number of rotatable bonds is 4. The van der Waals surface area contributed by atoms with Gasteiger partial charge in [0.25, 0.3) is 0 Å². The fourth-order valence-electron chi connectivity index (χ4n) is 0.983. The summed E-state index contributed by atoms with van der Waals surface area (Å²) < 4.78 is 0. The van der Waals surface area contributed by atoms with E-state index in [0.29, 0.717) is 6.54 Å². The Bertz CT molecular complexity index is 403. The summed E-state index contributed by atoms with van der Waals surface area (Å²) >= 11 is 0. The van der Waals surface area contributed by atoms with Gasteiger partial charge in [0, 0.05) is 0 Å². The molecule has 3 radical (unpaired) electrons. The van der Waals surface area contributed by atoms with E-state index >= 15 is 0 Å². The molecule has 157 valence electrons. The van der Waals surface area contributed by atoms with Crippen LogP contribution in [0.1, 0.15) is 62.3 Å². The van der Waals surface area contributed by atoms with Gasteiger partial charge in [-0.25, -0.2) is 6.08 Å². The van der Waals surface area contributed by atoms with Gasteiger partial charge in [0.05, 0.1) is 0 Å². The van der Waals surface area contributed by atoms with E-state index in [1.807, 2.05) is 20.8 Å². The smallest absolute Gasteiger partial charge is 0.733 e. The van der Waals surface area contributed by atoms with Crippen molar-refractivity contribution in [2.75, 3.05) is 6.54 Å². The van der Waals surface area contributed by atoms with Gasteiger partial charge in [-0.1, -0.05) is 73.6 Å². The molecule has 0 fully saturated rings. The second kappa shape index (κ2) is 20.7. The number of hydrogen-bond acceptors (Lipinski definition) is 1. The first kappa shape index (κ1) is 42.5. The van der Waals surface area contributed by atoms with Crippen LogP contribution in [0.2, 0.25) is 0 Å². The van der Waals surface area contributed by atoms with Crippen LogP contribution in [-0.4, -0.2) is 23.5 Å². The van der Waals surface area contributed by atoms with Crippen molar-refractivity contribution in [3.8, 4) is 0 Å². The Morgan fingerprint density at radius 1 is 0.893 bits per heavy atom. The topological polar surface area (TPSA) is 45.3 Å². The molecule has 0 bridgehead atoms. The van der Waals surface area contributed by atoms with E-state index in [4.69, 9.17) is 19.7 Å². The van der Waals surface area contributed by atoms with Crippen molar-refractivity contribution in [1.29, 1.82) is 0 Å². The van der Waals surface area contributed by atoms with Gasteiger partial charge < -0.3 is 35.5 Å². The SMILES string of the molecule is [CH-]=CC(=O)[N-]C(C)(C)C.[CH-]=CC([CH2-])C(C)(C)C.[CH-]=CC[N-]C(C)(C)C.[V+2].[V+2].[V+2].